The molecular weight excluding hydrogens is 388 g/mol. The molecule has 0 bridgehead atoms. The fraction of sp³-hybridized carbons (Fsp3) is 0.400. The second-order valence-corrected chi connectivity index (χ2v) is 8.08. The van der Waals surface area contributed by atoms with Gasteiger partial charge in [0.2, 0.25) is 0 Å². The third kappa shape index (κ3) is 4.85. The van der Waals surface area contributed by atoms with Crippen LogP contribution in [0.5, 0.6) is 5.75 Å². The first-order valence-corrected chi connectivity index (χ1v) is 11.2. The average molecular weight is 421 g/mol. The molecule has 6 heteroatoms. The highest BCUT2D eigenvalue weighted by Gasteiger charge is 2.37. The summed E-state index contributed by atoms with van der Waals surface area (Å²) in [6.07, 6.45) is 4.24. The number of ether oxygens (including phenoxy) is 1. The lowest BCUT2D eigenvalue weighted by Crippen LogP contribution is -2.46. The average Bonchev–Trinajstić information content (AvgIpc) is 3.14. The van der Waals surface area contributed by atoms with E-state index in [4.69, 9.17) is 9.73 Å². The molecule has 2 aliphatic heterocycles. The Bertz CT molecular complexity index is 911. The predicted molar refractivity (Wildman–Crippen MR) is 123 cm³/mol. The van der Waals surface area contributed by atoms with Gasteiger partial charge in [0.05, 0.1) is 19.0 Å². The molecule has 6 nitrogen and oxygen atoms in total. The SMILES string of the molecule is CCCN1C=C2C(=NC(c3ccc(O)cc3)N2COCc2ccccc2)N(CCC)C1. The van der Waals surface area contributed by atoms with Crippen LogP contribution in [0, 0.1) is 0 Å². The molecular formula is C25H32N4O2. The molecule has 164 valence electrons. The second kappa shape index (κ2) is 9.88. The smallest absolute Gasteiger partial charge is 0.153 e. The molecule has 0 saturated carbocycles. The molecule has 0 spiro atoms. The molecule has 0 saturated heterocycles. The number of aliphatic imine (C=N–C) groups is 1. The first kappa shape index (κ1) is 21.2. The molecule has 2 aliphatic rings. The van der Waals surface area contributed by atoms with E-state index in [1.807, 2.05) is 30.3 Å². The largest absolute Gasteiger partial charge is 0.508 e. The molecule has 1 atom stereocenters. The van der Waals surface area contributed by atoms with Gasteiger partial charge in [0.15, 0.2) is 12.0 Å². The maximum absolute atomic E-state index is 9.74. The van der Waals surface area contributed by atoms with E-state index >= 15 is 0 Å². The van der Waals surface area contributed by atoms with Crippen molar-refractivity contribution in [3.05, 3.63) is 77.6 Å². The van der Waals surface area contributed by atoms with Crippen molar-refractivity contribution in [2.75, 3.05) is 26.5 Å². The Hall–Kier alpha value is -2.99. The molecule has 2 aromatic carbocycles. The zero-order valence-corrected chi connectivity index (χ0v) is 18.4. The summed E-state index contributed by atoms with van der Waals surface area (Å²) in [6.45, 7) is 8.26. The van der Waals surface area contributed by atoms with Crippen molar-refractivity contribution in [2.24, 2.45) is 4.99 Å². The minimum Gasteiger partial charge on any atom is -0.508 e. The summed E-state index contributed by atoms with van der Waals surface area (Å²) in [6, 6.07) is 17.6. The first-order chi connectivity index (χ1) is 15.2. The summed E-state index contributed by atoms with van der Waals surface area (Å²) >= 11 is 0. The number of phenols is 1. The summed E-state index contributed by atoms with van der Waals surface area (Å²) < 4.78 is 6.14. The lowest BCUT2D eigenvalue weighted by Gasteiger charge is -2.38. The van der Waals surface area contributed by atoms with Gasteiger partial charge in [-0.3, -0.25) is 0 Å². The molecule has 0 aromatic heterocycles. The lowest BCUT2D eigenvalue weighted by atomic mass is 10.1. The molecule has 0 aliphatic carbocycles. The van der Waals surface area contributed by atoms with Crippen molar-refractivity contribution in [1.29, 1.82) is 0 Å². The molecule has 2 heterocycles. The van der Waals surface area contributed by atoms with Crippen LogP contribution in [-0.4, -0.2) is 52.1 Å². The van der Waals surface area contributed by atoms with Crippen LogP contribution in [0.3, 0.4) is 0 Å². The zero-order valence-electron chi connectivity index (χ0n) is 18.4. The highest BCUT2D eigenvalue weighted by Crippen LogP contribution is 2.36. The van der Waals surface area contributed by atoms with E-state index in [1.165, 1.54) is 0 Å². The van der Waals surface area contributed by atoms with Gasteiger partial charge in [0.25, 0.3) is 0 Å². The number of fused-ring (bicyclic) bond motifs is 1. The van der Waals surface area contributed by atoms with Crippen molar-refractivity contribution in [3.8, 4) is 5.75 Å². The molecule has 0 radical (unpaired) electrons. The second-order valence-electron chi connectivity index (χ2n) is 8.08. The Morgan fingerprint density at radius 1 is 1.00 bits per heavy atom. The third-order valence-electron chi connectivity index (χ3n) is 5.57. The van der Waals surface area contributed by atoms with Crippen LogP contribution in [0.15, 0.2) is 71.5 Å². The topological polar surface area (TPSA) is 51.5 Å². The summed E-state index contributed by atoms with van der Waals surface area (Å²) in [5, 5.41) is 9.74. The summed E-state index contributed by atoms with van der Waals surface area (Å²) in [7, 11) is 0. The number of amidine groups is 1. The Morgan fingerprint density at radius 3 is 2.45 bits per heavy atom. The minimum absolute atomic E-state index is 0.168. The number of benzene rings is 2. The lowest BCUT2D eigenvalue weighted by molar-refractivity contribution is 0.0229. The minimum atomic E-state index is -0.168. The Balaban J connectivity index is 1.61. The van der Waals surface area contributed by atoms with Crippen LogP contribution < -0.4 is 0 Å². The fourth-order valence-electron chi connectivity index (χ4n) is 4.13. The molecule has 0 amide bonds. The number of rotatable bonds is 9. The number of phenolic OH excluding ortho intramolecular Hbond substituents is 1. The maximum Gasteiger partial charge on any atom is 0.153 e. The van der Waals surface area contributed by atoms with Crippen molar-refractivity contribution in [3.63, 3.8) is 0 Å². The quantitative estimate of drug-likeness (QED) is 0.647. The Morgan fingerprint density at radius 2 is 1.74 bits per heavy atom. The zero-order chi connectivity index (χ0) is 21.6. The fourth-order valence-corrected chi connectivity index (χ4v) is 4.13. The van der Waals surface area contributed by atoms with Crippen LogP contribution in [-0.2, 0) is 11.3 Å². The molecule has 1 N–H and O–H groups in total. The van der Waals surface area contributed by atoms with Gasteiger partial charge in [-0.25, -0.2) is 4.99 Å². The van der Waals surface area contributed by atoms with E-state index in [0.29, 0.717) is 13.3 Å². The van der Waals surface area contributed by atoms with Gasteiger partial charge in [-0.15, -0.1) is 0 Å². The van der Waals surface area contributed by atoms with Crippen molar-refractivity contribution < 1.29 is 9.84 Å². The van der Waals surface area contributed by atoms with Gasteiger partial charge < -0.3 is 24.5 Å². The van der Waals surface area contributed by atoms with E-state index in [0.717, 1.165) is 55.3 Å². The highest BCUT2D eigenvalue weighted by molar-refractivity contribution is 6.00. The molecule has 0 fully saturated rings. The van der Waals surface area contributed by atoms with E-state index in [1.54, 1.807) is 12.1 Å². The standard InChI is InChI=1S/C25H32N4O2/c1-3-14-27-16-23-25(28(18-27)15-4-2)26-24(21-10-12-22(30)13-11-21)29(23)19-31-17-20-8-6-5-7-9-20/h5-13,16,24,30H,3-4,14-15,17-19H2,1-2H3. The summed E-state index contributed by atoms with van der Waals surface area (Å²) in [4.78, 5) is 12.1. The van der Waals surface area contributed by atoms with E-state index < -0.39 is 0 Å². The third-order valence-corrected chi connectivity index (χ3v) is 5.57. The van der Waals surface area contributed by atoms with Gasteiger partial charge in [-0.2, -0.15) is 0 Å². The van der Waals surface area contributed by atoms with Crippen molar-refractivity contribution in [2.45, 2.75) is 39.5 Å². The van der Waals surface area contributed by atoms with Crippen molar-refractivity contribution >= 4 is 5.84 Å². The first-order valence-electron chi connectivity index (χ1n) is 11.2. The molecule has 4 rings (SSSR count). The van der Waals surface area contributed by atoms with Gasteiger partial charge in [0.1, 0.15) is 12.5 Å². The predicted octanol–water partition coefficient (Wildman–Crippen LogP) is 4.52. The van der Waals surface area contributed by atoms with Crippen LogP contribution in [0.4, 0.5) is 0 Å². The van der Waals surface area contributed by atoms with Gasteiger partial charge in [-0.05, 0) is 36.1 Å². The monoisotopic (exact) mass is 420 g/mol. The van der Waals surface area contributed by atoms with Gasteiger partial charge >= 0.3 is 0 Å². The van der Waals surface area contributed by atoms with Crippen LogP contribution in [0.1, 0.15) is 44.0 Å². The van der Waals surface area contributed by atoms with Gasteiger partial charge in [-0.1, -0.05) is 56.3 Å². The van der Waals surface area contributed by atoms with Crippen LogP contribution >= 0.6 is 0 Å². The molecule has 1 unspecified atom stereocenters. The Labute approximate surface area is 185 Å². The Kier molecular flexibility index (Phi) is 6.77. The van der Waals surface area contributed by atoms with E-state index in [9.17, 15) is 5.11 Å². The van der Waals surface area contributed by atoms with E-state index in [2.05, 4.69) is 46.9 Å². The number of aromatic hydroxyl groups is 1. The normalized spacial score (nSPS) is 18.1. The highest BCUT2D eigenvalue weighted by atomic mass is 16.5. The number of nitrogens with zero attached hydrogens (tertiary/aromatic N) is 4. The molecule has 2 aromatic rings. The van der Waals surface area contributed by atoms with E-state index in [-0.39, 0.29) is 11.9 Å². The molecule has 31 heavy (non-hydrogen) atoms. The van der Waals surface area contributed by atoms with Gasteiger partial charge in [0, 0.05) is 19.3 Å². The summed E-state index contributed by atoms with van der Waals surface area (Å²) in [5.41, 5.74) is 3.31. The van der Waals surface area contributed by atoms with Crippen molar-refractivity contribution in [1.82, 2.24) is 14.7 Å². The van der Waals surface area contributed by atoms with Crippen LogP contribution in [0.25, 0.3) is 0 Å². The summed E-state index contributed by atoms with van der Waals surface area (Å²) in [5.74, 6) is 1.30. The number of hydrogen-bond donors (Lipinski definition) is 1. The van der Waals surface area contributed by atoms with Crippen LogP contribution in [0.2, 0.25) is 0 Å². The number of hydrogen-bond acceptors (Lipinski definition) is 6. The maximum atomic E-state index is 9.74.